The second kappa shape index (κ2) is 5.37. The highest BCUT2D eigenvalue weighted by Gasteiger charge is 2.19. The lowest BCUT2D eigenvalue weighted by molar-refractivity contribution is 0.174. The Hall–Kier alpha value is -1.27. The van der Waals surface area contributed by atoms with Crippen LogP contribution in [-0.2, 0) is 0 Å². The Morgan fingerprint density at radius 3 is 1.76 bits per heavy atom. The molecular weight excluding hydrogens is 220 g/mol. The van der Waals surface area contributed by atoms with Gasteiger partial charge < -0.3 is 10.2 Å². The minimum Gasteiger partial charge on any atom is -0.385 e. The first-order valence-corrected chi connectivity index (χ1v) is 5.71. The lowest BCUT2D eigenvalue weighted by Gasteiger charge is -2.10. The molecule has 96 valence electrons. The Kier molecular flexibility index (Phi) is 4.36. The highest BCUT2D eigenvalue weighted by molar-refractivity contribution is 5.83. The average molecular weight is 240 g/mol. The summed E-state index contributed by atoms with van der Waals surface area (Å²) in [5, 5.41) is 31.2. The van der Waals surface area contributed by atoms with E-state index in [0.717, 1.165) is 5.71 Å². The van der Waals surface area contributed by atoms with Gasteiger partial charge in [-0.2, -0.15) is 9.78 Å². The Balaban J connectivity index is 3.27. The third-order valence-electron chi connectivity index (χ3n) is 2.53. The molecule has 1 aromatic rings. The highest BCUT2D eigenvalue weighted by Crippen LogP contribution is 2.17. The van der Waals surface area contributed by atoms with Crippen molar-refractivity contribution in [1.29, 1.82) is 0 Å². The van der Waals surface area contributed by atoms with Crippen molar-refractivity contribution in [2.24, 2.45) is 11.0 Å². The summed E-state index contributed by atoms with van der Waals surface area (Å²) in [6, 6.07) is 0. The van der Waals surface area contributed by atoms with Gasteiger partial charge in [0.2, 0.25) is 0 Å². The summed E-state index contributed by atoms with van der Waals surface area (Å²) in [7, 11) is 0. The van der Waals surface area contributed by atoms with Crippen molar-refractivity contribution >= 4 is 5.71 Å². The summed E-state index contributed by atoms with van der Waals surface area (Å²) in [5.74, 6) is 0.947. The fourth-order valence-electron chi connectivity index (χ4n) is 1.20. The van der Waals surface area contributed by atoms with Crippen molar-refractivity contribution in [3.63, 3.8) is 0 Å². The van der Waals surface area contributed by atoms with E-state index in [1.165, 1.54) is 4.68 Å². The molecule has 6 heteroatoms. The minimum absolute atomic E-state index is 0.279. The molecule has 2 atom stereocenters. The molecule has 0 aliphatic heterocycles. The summed E-state index contributed by atoms with van der Waals surface area (Å²) < 4.78 is 1.42. The standard InChI is InChI=1S/C11H20N4O2/c1-6(2)7(3)14-15-10(8(4)16)12-13-11(15)9(5)17/h6,8-9,16-17H,1-5H3/b14-7+/t8-,9-/m0/s1. The van der Waals surface area contributed by atoms with E-state index < -0.39 is 12.2 Å². The molecule has 1 rings (SSSR count). The van der Waals surface area contributed by atoms with Gasteiger partial charge in [-0.3, -0.25) is 0 Å². The SMILES string of the molecule is C/C(=N\n1c([C@H](C)O)nnc1[C@H](C)O)C(C)C. The van der Waals surface area contributed by atoms with Crippen LogP contribution in [0.2, 0.25) is 0 Å². The normalized spacial score (nSPS) is 16.4. The number of hydrogen-bond acceptors (Lipinski definition) is 5. The molecule has 1 heterocycles. The summed E-state index contributed by atoms with van der Waals surface area (Å²) in [4.78, 5) is 0. The summed E-state index contributed by atoms with van der Waals surface area (Å²) in [6.07, 6.45) is -1.56. The van der Waals surface area contributed by atoms with Crippen LogP contribution in [-0.4, -0.2) is 30.8 Å². The molecule has 0 aliphatic carbocycles. The Labute approximate surface area is 101 Å². The Bertz CT molecular complexity index is 382. The smallest absolute Gasteiger partial charge is 0.182 e. The van der Waals surface area contributed by atoms with Crippen molar-refractivity contribution < 1.29 is 10.2 Å². The van der Waals surface area contributed by atoms with Gasteiger partial charge in [-0.05, 0) is 26.7 Å². The zero-order chi connectivity index (χ0) is 13.2. The maximum absolute atomic E-state index is 9.58. The molecule has 17 heavy (non-hydrogen) atoms. The first kappa shape index (κ1) is 13.8. The molecule has 0 unspecified atom stereocenters. The van der Waals surface area contributed by atoms with Crippen molar-refractivity contribution in [1.82, 2.24) is 14.9 Å². The fraction of sp³-hybridized carbons (Fsp3) is 0.727. The first-order chi connectivity index (χ1) is 7.84. The number of hydrogen-bond donors (Lipinski definition) is 2. The third kappa shape index (κ3) is 3.10. The van der Waals surface area contributed by atoms with E-state index in [9.17, 15) is 10.2 Å². The van der Waals surface area contributed by atoms with Gasteiger partial charge in [0, 0.05) is 5.71 Å². The van der Waals surface area contributed by atoms with E-state index in [-0.39, 0.29) is 5.92 Å². The number of aliphatic hydroxyl groups is 2. The van der Waals surface area contributed by atoms with Crippen LogP contribution in [0.15, 0.2) is 5.10 Å². The summed E-state index contributed by atoms with van der Waals surface area (Å²) in [5.41, 5.74) is 0.883. The molecule has 0 amide bonds. The van der Waals surface area contributed by atoms with E-state index in [0.29, 0.717) is 11.6 Å². The molecular formula is C11H20N4O2. The topological polar surface area (TPSA) is 83.5 Å². The van der Waals surface area contributed by atoms with Crippen LogP contribution in [0, 0.1) is 5.92 Å². The van der Waals surface area contributed by atoms with Gasteiger partial charge >= 0.3 is 0 Å². The summed E-state index contributed by atoms with van der Waals surface area (Å²) >= 11 is 0. The predicted octanol–water partition coefficient (Wildman–Crippen LogP) is 1.26. The number of aromatic nitrogens is 3. The molecule has 1 aromatic heterocycles. The van der Waals surface area contributed by atoms with Crippen LogP contribution in [0.25, 0.3) is 0 Å². The summed E-state index contributed by atoms with van der Waals surface area (Å²) in [6.45, 7) is 9.11. The van der Waals surface area contributed by atoms with Crippen LogP contribution in [0.5, 0.6) is 0 Å². The quantitative estimate of drug-likeness (QED) is 0.776. The van der Waals surface area contributed by atoms with E-state index >= 15 is 0 Å². The van der Waals surface area contributed by atoms with Crippen molar-refractivity contribution in [3.05, 3.63) is 11.6 Å². The van der Waals surface area contributed by atoms with Gasteiger partial charge in [-0.1, -0.05) is 13.8 Å². The maximum atomic E-state index is 9.58. The Morgan fingerprint density at radius 1 is 1.06 bits per heavy atom. The van der Waals surface area contributed by atoms with Gasteiger partial charge in [-0.15, -0.1) is 10.2 Å². The van der Waals surface area contributed by atoms with Crippen LogP contribution >= 0.6 is 0 Å². The van der Waals surface area contributed by atoms with Crippen LogP contribution in [0.1, 0.15) is 58.5 Å². The van der Waals surface area contributed by atoms with Gasteiger partial charge in [0.05, 0.1) is 0 Å². The van der Waals surface area contributed by atoms with Crippen LogP contribution in [0.3, 0.4) is 0 Å². The molecule has 0 aromatic carbocycles. The molecule has 0 aliphatic rings. The lowest BCUT2D eigenvalue weighted by Crippen LogP contribution is -2.12. The molecule has 0 fully saturated rings. The van der Waals surface area contributed by atoms with E-state index in [4.69, 9.17) is 0 Å². The molecule has 2 N–H and O–H groups in total. The second-order valence-corrected chi connectivity index (χ2v) is 4.48. The fourth-order valence-corrected chi connectivity index (χ4v) is 1.20. The second-order valence-electron chi connectivity index (χ2n) is 4.48. The molecule has 0 radical (unpaired) electrons. The maximum Gasteiger partial charge on any atom is 0.182 e. The third-order valence-corrected chi connectivity index (χ3v) is 2.53. The number of aliphatic hydroxyl groups excluding tert-OH is 2. The first-order valence-electron chi connectivity index (χ1n) is 5.71. The zero-order valence-electron chi connectivity index (χ0n) is 10.9. The molecule has 0 saturated heterocycles. The molecule has 0 spiro atoms. The molecule has 6 nitrogen and oxygen atoms in total. The largest absolute Gasteiger partial charge is 0.385 e. The van der Waals surface area contributed by atoms with Crippen molar-refractivity contribution in [2.75, 3.05) is 0 Å². The number of nitrogens with zero attached hydrogens (tertiary/aromatic N) is 4. The zero-order valence-corrected chi connectivity index (χ0v) is 10.9. The van der Waals surface area contributed by atoms with Crippen LogP contribution in [0.4, 0.5) is 0 Å². The van der Waals surface area contributed by atoms with E-state index in [2.05, 4.69) is 15.3 Å². The molecule has 0 bridgehead atoms. The van der Waals surface area contributed by atoms with Gasteiger partial charge in [0.25, 0.3) is 0 Å². The van der Waals surface area contributed by atoms with Crippen molar-refractivity contribution in [3.8, 4) is 0 Å². The lowest BCUT2D eigenvalue weighted by atomic mass is 10.1. The number of rotatable bonds is 4. The Morgan fingerprint density at radius 2 is 1.47 bits per heavy atom. The van der Waals surface area contributed by atoms with Crippen molar-refractivity contribution in [2.45, 2.75) is 46.8 Å². The van der Waals surface area contributed by atoms with Gasteiger partial charge in [0.1, 0.15) is 12.2 Å². The van der Waals surface area contributed by atoms with Gasteiger partial charge in [-0.25, -0.2) is 0 Å². The predicted molar refractivity (Wildman–Crippen MR) is 64.6 cm³/mol. The highest BCUT2D eigenvalue weighted by atomic mass is 16.3. The monoisotopic (exact) mass is 240 g/mol. The molecule has 0 saturated carbocycles. The minimum atomic E-state index is -0.779. The van der Waals surface area contributed by atoms with E-state index in [1.54, 1.807) is 13.8 Å². The van der Waals surface area contributed by atoms with E-state index in [1.807, 2.05) is 20.8 Å². The van der Waals surface area contributed by atoms with Crippen LogP contribution < -0.4 is 0 Å². The van der Waals surface area contributed by atoms with Gasteiger partial charge in [0.15, 0.2) is 11.6 Å². The average Bonchev–Trinajstić information content (AvgIpc) is 2.61.